The maximum Gasteiger partial charge on any atom is 0.261 e. The average molecular weight is 417 g/mol. The molecule has 0 fully saturated rings. The Hall–Kier alpha value is -2.53. The molecule has 2 aromatic carbocycles. The van der Waals surface area contributed by atoms with Gasteiger partial charge in [-0.25, -0.2) is 0 Å². The van der Waals surface area contributed by atoms with Crippen molar-refractivity contribution in [1.82, 2.24) is 10.2 Å². The summed E-state index contributed by atoms with van der Waals surface area (Å²) in [5.41, 5.74) is 1.89. The normalized spacial score (nSPS) is 12.7. The van der Waals surface area contributed by atoms with Crippen molar-refractivity contribution in [1.29, 1.82) is 0 Å². The standard InChI is InChI=1S/C23H29ClN2O3/c1-5-17(3)25-23(28)18(4)26(14-19-8-6-7-9-21(19)24)22(27)15-29-20-12-10-16(2)11-13-20/h6-13,17-18H,5,14-15H2,1-4H3,(H,25,28). The van der Waals surface area contributed by atoms with E-state index in [1.54, 1.807) is 13.0 Å². The van der Waals surface area contributed by atoms with Crippen molar-refractivity contribution in [3.8, 4) is 5.75 Å². The largest absolute Gasteiger partial charge is 0.484 e. The van der Waals surface area contributed by atoms with Gasteiger partial charge in [0, 0.05) is 17.6 Å². The Morgan fingerprint density at radius 2 is 1.76 bits per heavy atom. The SMILES string of the molecule is CCC(C)NC(=O)C(C)N(Cc1ccccc1Cl)C(=O)COc1ccc(C)cc1. The van der Waals surface area contributed by atoms with Gasteiger partial charge in [-0.1, -0.05) is 54.4 Å². The second-order valence-corrected chi connectivity index (χ2v) is 7.62. The van der Waals surface area contributed by atoms with Crippen LogP contribution in [0.2, 0.25) is 5.02 Å². The number of ether oxygens (including phenoxy) is 1. The van der Waals surface area contributed by atoms with Crippen LogP contribution in [-0.4, -0.2) is 35.4 Å². The molecule has 2 atom stereocenters. The quantitative estimate of drug-likeness (QED) is 0.660. The summed E-state index contributed by atoms with van der Waals surface area (Å²) >= 11 is 6.28. The number of aryl methyl sites for hydroxylation is 1. The van der Waals surface area contributed by atoms with Crippen LogP contribution in [-0.2, 0) is 16.1 Å². The molecule has 156 valence electrons. The molecule has 0 spiro atoms. The summed E-state index contributed by atoms with van der Waals surface area (Å²) in [4.78, 5) is 27.2. The predicted molar refractivity (Wildman–Crippen MR) is 116 cm³/mol. The van der Waals surface area contributed by atoms with Gasteiger partial charge in [-0.05, 0) is 51.0 Å². The lowest BCUT2D eigenvalue weighted by atomic mass is 10.1. The fraction of sp³-hybridized carbons (Fsp3) is 0.391. The molecule has 0 aliphatic carbocycles. The second-order valence-electron chi connectivity index (χ2n) is 7.21. The molecule has 29 heavy (non-hydrogen) atoms. The average Bonchev–Trinajstić information content (AvgIpc) is 2.71. The Morgan fingerprint density at radius 1 is 1.10 bits per heavy atom. The molecule has 5 nitrogen and oxygen atoms in total. The van der Waals surface area contributed by atoms with Crippen LogP contribution in [0.25, 0.3) is 0 Å². The molecule has 0 saturated heterocycles. The lowest BCUT2D eigenvalue weighted by Crippen LogP contribution is -2.50. The van der Waals surface area contributed by atoms with Crippen molar-refractivity contribution in [3.63, 3.8) is 0 Å². The van der Waals surface area contributed by atoms with E-state index in [0.717, 1.165) is 17.5 Å². The minimum absolute atomic E-state index is 0.0334. The first-order valence-corrected chi connectivity index (χ1v) is 10.2. The molecule has 6 heteroatoms. The van der Waals surface area contributed by atoms with Crippen molar-refractivity contribution >= 4 is 23.4 Å². The number of carbonyl (C=O) groups excluding carboxylic acids is 2. The van der Waals surface area contributed by atoms with E-state index < -0.39 is 6.04 Å². The van der Waals surface area contributed by atoms with Gasteiger partial charge in [0.2, 0.25) is 5.91 Å². The summed E-state index contributed by atoms with van der Waals surface area (Å²) < 4.78 is 5.65. The van der Waals surface area contributed by atoms with Crippen LogP contribution in [0.15, 0.2) is 48.5 Å². The highest BCUT2D eigenvalue weighted by atomic mass is 35.5. The van der Waals surface area contributed by atoms with Crippen molar-refractivity contribution in [2.45, 2.75) is 52.7 Å². The van der Waals surface area contributed by atoms with Crippen LogP contribution in [0.5, 0.6) is 5.75 Å². The lowest BCUT2D eigenvalue weighted by Gasteiger charge is -2.30. The molecular weight excluding hydrogens is 388 g/mol. The van der Waals surface area contributed by atoms with Crippen LogP contribution >= 0.6 is 11.6 Å². The van der Waals surface area contributed by atoms with E-state index in [9.17, 15) is 9.59 Å². The lowest BCUT2D eigenvalue weighted by molar-refractivity contribution is -0.142. The third kappa shape index (κ3) is 6.79. The minimum atomic E-state index is -0.658. The van der Waals surface area contributed by atoms with Gasteiger partial charge in [0.25, 0.3) is 5.91 Å². The zero-order valence-corrected chi connectivity index (χ0v) is 18.2. The maximum atomic E-state index is 13.0. The molecule has 2 amide bonds. The monoisotopic (exact) mass is 416 g/mol. The van der Waals surface area contributed by atoms with E-state index in [4.69, 9.17) is 16.3 Å². The Labute approximate surface area is 178 Å². The summed E-state index contributed by atoms with van der Waals surface area (Å²) in [5, 5.41) is 3.49. The molecule has 2 unspecified atom stereocenters. The Morgan fingerprint density at radius 3 is 2.38 bits per heavy atom. The smallest absolute Gasteiger partial charge is 0.261 e. The van der Waals surface area contributed by atoms with E-state index in [0.29, 0.717) is 10.8 Å². The summed E-state index contributed by atoms with van der Waals surface area (Å²) in [7, 11) is 0. The van der Waals surface area contributed by atoms with E-state index in [1.807, 2.05) is 63.2 Å². The van der Waals surface area contributed by atoms with Crippen LogP contribution in [0.3, 0.4) is 0 Å². The van der Waals surface area contributed by atoms with E-state index in [-0.39, 0.29) is 31.0 Å². The molecule has 0 aromatic heterocycles. The molecule has 0 radical (unpaired) electrons. The number of benzene rings is 2. The van der Waals surface area contributed by atoms with Gasteiger partial charge in [-0.15, -0.1) is 0 Å². The molecule has 0 aliphatic rings. The number of halogens is 1. The zero-order chi connectivity index (χ0) is 21.4. The maximum absolute atomic E-state index is 13.0. The van der Waals surface area contributed by atoms with Gasteiger partial charge in [0.15, 0.2) is 6.61 Å². The van der Waals surface area contributed by atoms with Gasteiger partial charge in [-0.2, -0.15) is 0 Å². The number of hydrogen-bond donors (Lipinski definition) is 1. The highest BCUT2D eigenvalue weighted by molar-refractivity contribution is 6.31. The van der Waals surface area contributed by atoms with Crippen LogP contribution in [0.4, 0.5) is 0 Å². The summed E-state index contributed by atoms with van der Waals surface area (Å²) in [6.45, 7) is 7.71. The summed E-state index contributed by atoms with van der Waals surface area (Å²) in [6.07, 6.45) is 0.813. The Bertz CT molecular complexity index is 823. The predicted octanol–water partition coefficient (Wildman–Crippen LogP) is 4.36. The first-order valence-electron chi connectivity index (χ1n) is 9.84. The molecule has 2 aromatic rings. The first kappa shape index (κ1) is 22.8. The number of hydrogen-bond acceptors (Lipinski definition) is 3. The number of nitrogens with one attached hydrogen (secondary N) is 1. The second kappa shape index (κ2) is 10.9. The zero-order valence-electron chi connectivity index (χ0n) is 17.4. The number of rotatable bonds is 9. The van der Waals surface area contributed by atoms with E-state index >= 15 is 0 Å². The van der Waals surface area contributed by atoms with Crippen molar-refractivity contribution in [2.24, 2.45) is 0 Å². The van der Waals surface area contributed by atoms with Crippen molar-refractivity contribution in [2.75, 3.05) is 6.61 Å². The fourth-order valence-corrected chi connectivity index (χ4v) is 2.92. The molecule has 0 saturated carbocycles. The van der Waals surface area contributed by atoms with Gasteiger partial charge in [0.05, 0.1) is 0 Å². The van der Waals surface area contributed by atoms with E-state index in [1.165, 1.54) is 4.90 Å². The van der Waals surface area contributed by atoms with Gasteiger partial charge in [-0.3, -0.25) is 9.59 Å². The van der Waals surface area contributed by atoms with Crippen LogP contribution in [0.1, 0.15) is 38.3 Å². The van der Waals surface area contributed by atoms with Gasteiger partial charge in [0.1, 0.15) is 11.8 Å². The molecule has 0 heterocycles. The van der Waals surface area contributed by atoms with Crippen LogP contribution < -0.4 is 10.1 Å². The van der Waals surface area contributed by atoms with Gasteiger partial charge >= 0.3 is 0 Å². The molecule has 0 bridgehead atoms. The minimum Gasteiger partial charge on any atom is -0.484 e. The Kier molecular flexibility index (Phi) is 8.52. The fourth-order valence-electron chi connectivity index (χ4n) is 2.72. The third-order valence-corrected chi connectivity index (χ3v) is 5.22. The third-order valence-electron chi connectivity index (χ3n) is 4.85. The topological polar surface area (TPSA) is 58.6 Å². The number of carbonyl (C=O) groups is 2. The van der Waals surface area contributed by atoms with Crippen LogP contribution in [0, 0.1) is 6.92 Å². The molecule has 1 N–H and O–H groups in total. The van der Waals surface area contributed by atoms with Crippen molar-refractivity contribution < 1.29 is 14.3 Å². The van der Waals surface area contributed by atoms with E-state index in [2.05, 4.69) is 5.32 Å². The summed E-state index contributed by atoms with van der Waals surface area (Å²) in [5.74, 6) is 0.130. The Balaban J connectivity index is 2.15. The highest BCUT2D eigenvalue weighted by Gasteiger charge is 2.27. The van der Waals surface area contributed by atoms with Crippen molar-refractivity contribution in [3.05, 3.63) is 64.7 Å². The first-order chi connectivity index (χ1) is 13.8. The highest BCUT2D eigenvalue weighted by Crippen LogP contribution is 2.19. The summed E-state index contributed by atoms with van der Waals surface area (Å²) in [6, 6.07) is 14.2. The molecule has 0 aliphatic heterocycles. The van der Waals surface area contributed by atoms with Gasteiger partial charge < -0.3 is 15.0 Å². The molecular formula is C23H29ClN2O3. The number of nitrogens with zero attached hydrogens (tertiary/aromatic N) is 1. The number of amides is 2. The molecule has 2 rings (SSSR count).